The maximum atomic E-state index is 13.2. The molecule has 0 fully saturated rings. The summed E-state index contributed by atoms with van der Waals surface area (Å²) in [6.07, 6.45) is 2.04. The lowest BCUT2D eigenvalue weighted by Gasteiger charge is -2.17. The van der Waals surface area contributed by atoms with Crippen molar-refractivity contribution >= 4 is 22.8 Å². The van der Waals surface area contributed by atoms with Crippen molar-refractivity contribution in [3.8, 4) is 5.75 Å². The Balaban J connectivity index is 1.51. The number of rotatable bonds is 8. The highest BCUT2D eigenvalue weighted by molar-refractivity contribution is 5.96. The van der Waals surface area contributed by atoms with Crippen LogP contribution in [-0.2, 0) is 18.3 Å². The van der Waals surface area contributed by atoms with Gasteiger partial charge in [0.15, 0.2) is 11.6 Å². The van der Waals surface area contributed by atoms with Gasteiger partial charge in [-0.3, -0.25) is 9.59 Å². The first-order chi connectivity index (χ1) is 15.5. The molecule has 4 aromatic rings. The van der Waals surface area contributed by atoms with Gasteiger partial charge in [0.2, 0.25) is 0 Å². The zero-order chi connectivity index (χ0) is 22.5. The second-order valence-electron chi connectivity index (χ2n) is 7.99. The largest absolute Gasteiger partial charge is 0.427 e. The van der Waals surface area contributed by atoms with Crippen LogP contribution < -0.4 is 4.74 Å². The number of ketones is 1. The van der Waals surface area contributed by atoms with Crippen molar-refractivity contribution in [2.45, 2.75) is 32.1 Å². The quantitative estimate of drug-likeness (QED) is 0.212. The van der Waals surface area contributed by atoms with Gasteiger partial charge in [0, 0.05) is 20.4 Å². The molecule has 5 heteroatoms. The molecule has 1 aromatic heterocycles. The number of esters is 1. The number of carbonyl (C=O) groups excluding carboxylic acids is 2. The summed E-state index contributed by atoms with van der Waals surface area (Å²) in [6.45, 7) is 1.39. The highest BCUT2D eigenvalue weighted by Gasteiger charge is 2.21. The van der Waals surface area contributed by atoms with Crippen LogP contribution in [0.25, 0.3) is 11.0 Å². The van der Waals surface area contributed by atoms with E-state index in [0.29, 0.717) is 18.0 Å². The second kappa shape index (κ2) is 9.60. The molecule has 0 bridgehead atoms. The van der Waals surface area contributed by atoms with Gasteiger partial charge in [-0.1, -0.05) is 54.6 Å². The van der Waals surface area contributed by atoms with Gasteiger partial charge in [0.05, 0.1) is 11.0 Å². The van der Waals surface area contributed by atoms with E-state index in [1.54, 1.807) is 12.1 Å². The molecule has 0 amide bonds. The number of hydrogen-bond acceptors (Lipinski definition) is 4. The molecule has 0 aliphatic rings. The number of benzene rings is 3. The number of imidazole rings is 1. The Morgan fingerprint density at radius 1 is 0.938 bits per heavy atom. The number of fused-ring (bicyclic) bond motifs is 1. The van der Waals surface area contributed by atoms with E-state index in [0.717, 1.165) is 35.0 Å². The summed E-state index contributed by atoms with van der Waals surface area (Å²) in [5, 5.41) is 0. The van der Waals surface area contributed by atoms with E-state index < -0.39 is 0 Å². The molecular formula is C27H26N2O3. The van der Waals surface area contributed by atoms with Gasteiger partial charge in [0.25, 0.3) is 0 Å². The number of aromatic nitrogens is 2. The Bertz CT molecular complexity index is 1230. The molecule has 3 aromatic carbocycles. The summed E-state index contributed by atoms with van der Waals surface area (Å²) in [5.74, 6) is 0.831. The van der Waals surface area contributed by atoms with Gasteiger partial charge in [-0.05, 0) is 54.2 Å². The Morgan fingerprint density at radius 2 is 1.62 bits per heavy atom. The maximum absolute atomic E-state index is 13.2. The first kappa shape index (κ1) is 21.5. The van der Waals surface area contributed by atoms with Crippen LogP contribution in [0.5, 0.6) is 5.75 Å². The van der Waals surface area contributed by atoms with E-state index in [1.807, 2.05) is 66.2 Å². The first-order valence-corrected chi connectivity index (χ1v) is 10.8. The lowest BCUT2D eigenvalue weighted by Crippen LogP contribution is -2.13. The lowest BCUT2D eigenvalue weighted by molar-refractivity contribution is -0.131. The monoisotopic (exact) mass is 426 g/mol. The third-order valence-corrected chi connectivity index (χ3v) is 5.71. The maximum Gasteiger partial charge on any atom is 0.308 e. The number of hydrogen-bond donors (Lipinski definition) is 0. The molecule has 0 spiro atoms. The van der Waals surface area contributed by atoms with Crippen molar-refractivity contribution in [2.75, 3.05) is 0 Å². The molecule has 162 valence electrons. The fourth-order valence-corrected chi connectivity index (χ4v) is 4.05. The van der Waals surface area contributed by atoms with Gasteiger partial charge < -0.3 is 9.30 Å². The molecule has 32 heavy (non-hydrogen) atoms. The smallest absolute Gasteiger partial charge is 0.308 e. The summed E-state index contributed by atoms with van der Waals surface area (Å²) in [6, 6.07) is 25.5. The number of nitrogens with zero attached hydrogens (tertiary/aromatic N) is 2. The topological polar surface area (TPSA) is 61.2 Å². The summed E-state index contributed by atoms with van der Waals surface area (Å²) >= 11 is 0. The third-order valence-electron chi connectivity index (χ3n) is 5.71. The number of para-hydroxylation sites is 2. The first-order valence-electron chi connectivity index (χ1n) is 10.8. The summed E-state index contributed by atoms with van der Waals surface area (Å²) < 4.78 is 6.99. The van der Waals surface area contributed by atoms with Crippen LogP contribution in [0.15, 0.2) is 78.9 Å². The van der Waals surface area contributed by atoms with Crippen molar-refractivity contribution in [3.63, 3.8) is 0 Å². The highest BCUT2D eigenvalue weighted by atomic mass is 16.5. The molecule has 1 atom stereocenters. The van der Waals surface area contributed by atoms with Crippen molar-refractivity contribution < 1.29 is 14.3 Å². The molecule has 5 nitrogen and oxygen atoms in total. The Labute approximate surface area is 187 Å². The van der Waals surface area contributed by atoms with Gasteiger partial charge in [-0.2, -0.15) is 0 Å². The molecule has 0 N–H and O–H groups in total. The fourth-order valence-electron chi connectivity index (χ4n) is 4.05. The predicted molar refractivity (Wildman–Crippen MR) is 125 cm³/mol. The molecule has 0 unspecified atom stereocenters. The van der Waals surface area contributed by atoms with E-state index in [1.165, 1.54) is 6.92 Å². The minimum Gasteiger partial charge on any atom is -0.427 e. The van der Waals surface area contributed by atoms with Crippen LogP contribution in [0.4, 0.5) is 0 Å². The van der Waals surface area contributed by atoms with Crippen LogP contribution in [-0.4, -0.2) is 21.3 Å². The molecule has 0 aliphatic carbocycles. The van der Waals surface area contributed by atoms with E-state index in [2.05, 4.69) is 17.1 Å². The minimum absolute atomic E-state index is 0.0442. The normalized spacial score (nSPS) is 11.9. The van der Waals surface area contributed by atoms with Crippen LogP contribution >= 0.6 is 0 Å². The predicted octanol–water partition coefficient (Wildman–Crippen LogP) is 5.49. The summed E-state index contributed by atoms with van der Waals surface area (Å²) in [4.78, 5) is 28.9. The summed E-state index contributed by atoms with van der Waals surface area (Å²) in [5.41, 5.74) is 4.08. The molecular weight excluding hydrogens is 400 g/mol. The molecule has 4 rings (SSSR count). The number of Topliss-reactive ketones (excluding diaryl/α,β-unsaturated/α-hetero) is 1. The zero-order valence-corrected chi connectivity index (χ0v) is 18.3. The molecule has 0 radical (unpaired) electrons. The average molecular weight is 427 g/mol. The molecule has 0 aliphatic heterocycles. The van der Waals surface area contributed by atoms with Crippen LogP contribution in [0.3, 0.4) is 0 Å². The van der Waals surface area contributed by atoms with Crippen molar-refractivity contribution in [3.05, 3.63) is 95.8 Å². The van der Waals surface area contributed by atoms with Crippen molar-refractivity contribution in [2.24, 2.45) is 7.05 Å². The van der Waals surface area contributed by atoms with E-state index in [-0.39, 0.29) is 17.7 Å². The Hall–Kier alpha value is -3.73. The molecule has 0 saturated carbocycles. The highest BCUT2D eigenvalue weighted by Crippen LogP contribution is 2.28. The van der Waals surface area contributed by atoms with Gasteiger partial charge in [-0.25, -0.2) is 4.98 Å². The number of aryl methyl sites for hydroxylation is 2. The van der Waals surface area contributed by atoms with Gasteiger partial charge in [-0.15, -0.1) is 0 Å². The zero-order valence-electron chi connectivity index (χ0n) is 18.3. The Morgan fingerprint density at radius 3 is 2.31 bits per heavy atom. The summed E-state index contributed by atoms with van der Waals surface area (Å²) in [7, 11) is 1.89. The lowest BCUT2D eigenvalue weighted by atomic mass is 9.88. The molecule has 0 saturated heterocycles. The number of ether oxygens (including phenoxy) is 1. The van der Waals surface area contributed by atoms with Crippen LogP contribution in [0.2, 0.25) is 0 Å². The van der Waals surface area contributed by atoms with Crippen LogP contribution in [0.1, 0.15) is 47.4 Å². The van der Waals surface area contributed by atoms with E-state index in [9.17, 15) is 9.59 Å². The standard InChI is InChI=1S/C27H26N2O3/c1-19(30)32-23-16-13-20(14-17-23)12-15-22(21-8-4-3-5-9-21)18-26(31)27-28-24-10-6-7-11-25(24)29(27)2/h3-11,13-14,16-17,22H,12,15,18H2,1-2H3/t22-/m1/s1. The third kappa shape index (κ3) is 4.94. The van der Waals surface area contributed by atoms with Crippen molar-refractivity contribution in [1.29, 1.82) is 0 Å². The minimum atomic E-state index is -0.331. The second-order valence-corrected chi connectivity index (χ2v) is 7.99. The Kier molecular flexibility index (Phi) is 6.45. The molecule has 1 heterocycles. The van der Waals surface area contributed by atoms with Crippen LogP contribution in [0, 0.1) is 0 Å². The van der Waals surface area contributed by atoms with E-state index in [4.69, 9.17) is 4.74 Å². The van der Waals surface area contributed by atoms with Gasteiger partial charge >= 0.3 is 5.97 Å². The van der Waals surface area contributed by atoms with Crippen molar-refractivity contribution in [1.82, 2.24) is 9.55 Å². The van der Waals surface area contributed by atoms with E-state index >= 15 is 0 Å². The fraction of sp³-hybridized carbons (Fsp3) is 0.222. The average Bonchev–Trinajstić information content (AvgIpc) is 3.14. The number of carbonyl (C=O) groups is 2. The van der Waals surface area contributed by atoms with Gasteiger partial charge in [0.1, 0.15) is 5.75 Å². The SMILES string of the molecule is CC(=O)Oc1ccc(CC[C@H](CC(=O)c2nc3ccccc3n2C)c2ccccc2)cc1.